The fourth-order valence-corrected chi connectivity index (χ4v) is 3.42. The molecule has 9 heteroatoms. The third-order valence-electron chi connectivity index (χ3n) is 4.97. The zero-order valence-corrected chi connectivity index (χ0v) is 20.9. The lowest BCUT2D eigenvalue weighted by Crippen LogP contribution is -2.56. The summed E-state index contributed by atoms with van der Waals surface area (Å²) < 4.78 is 16.3. The van der Waals surface area contributed by atoms with Gasteiger partial charge in [0.1, 0.15) is 5.60 Å². The first kappa shape index (κ1) is 27.9. The van der Waals surface area contributed by atoms with Crippen LogP contribution in [0.3, 0.4) is 0 Å². The van der Waals surface area contributed by atoms with Gasteiger partial charge in [0.05, 0.1) is 18.8 Å². The molecule has 1 aliphatic heterocycles. The second kappa shape index (κ2) is 12.8. The van der Waals surface area contributed by atoms with Crippen LogP contribution >= 0.6 is 0 Å². The summed E-state index contributed by atoms with van der Waals surface area (Å²) in [5, 5.41) is 2.69. The molecule has 184 valence electrons. The van der Waals surface area contributed by atoms with Crippen LogP contribution in [0.4, 0.5) is 4.79 Å². The number of carbonyl (C=O) groups is 3. The van der Waals surface area contributed by atoms with E-state index in [1.807, 2.05) is 27.7 Å². The third kappa shape index (κ3) is 9.97. The highest BCUT2D eigenvalue weighted by Crippen LogP contribution is 2.26. The Kier molecular flexibility index (Phi) is 11.1. The summed E-state index contributed by atoms with van der Waals surface area (Å²) in [5.74, 6) is -0.457. The van der Waals surface area contributed by atoms with Gasteiger partial charge < -0.3 is 14.2 Å². The lowest BCUT2D eigenvalue weighted by atomic mass is 9.90. The molecule has 0 aromatic carbocycles. The van der Waals surface area contributed by atoms with Gasteiger partial charge in [0.25, 0.3) is 0 Å². The topological polar surface area (TPSA) is 107 Å². The highest BCUT2D eigenvalue weighted by Gasteiger charge is 2.36. The number of ether oxygens (including phenoxy) is 3. The van der Waals surface area contributed by atoms with Gasteiger partial charge in [0.15, 0.2) is 0 Å². The second-order valence-corrected chi connectivity index (χ2v) is 9.49. The van der Waals surface area contributed by atoms with E-state index in [0.29, 0.717) is 26.1 Å². The zero-order valence-electron chi connectivity index (χ0n) is 20.9. The predicted molar refractivity (Wildman–Crippen MR) is 122 cm³/mol. The number of aliphatic imine (C=N–C) groups is 1. The van der Waals surface area contributed by atoms with Gasteiger partial charge in [-0.3, -0.25) is 19.8 Å². The highest BCUT2D eigenvalue weighted by atomic mass is 16.6. The maximum atomic E-state index is 12.8. The predicted octanol–water partition coefficient (Wildman–Crippen LogP) is 3.65. The lowest BCUT2D eigenvalue weighted by molar-refractivity contribution is -0.148. The molecule has 0 spiro atoms. The van der Waals surface area contributed by atoms with Gasteiger partial charge in [-0.05, 0) is 60.8 Å². The maximum Gasteiger partial charge on any atom is 0.414 e. The van der Waals surface area contributed by atoms with E-state index in [2.05, 4.69) is 10.3 Å². The van der Waals surface area contributed by atoms with E-state index in [1.165, 1.54) is 11.8 Å². The summed E-state index contributed by atoms with van der Waals surface area (Å²) in [4.78, 5) is 43.5. The number of rotatable bonds is 7. The van der Waals surface area contributed by atoms with Crippen molar-refractivity contribution in [2.45, 2.75) is 105 Å². The summed E-state index contributed by atoms with van der Waals surface area (Å²) in [7, 11) is 0. The van der Waals surface area contributed by atoms with E-state index < -0.39 is 11.7 Å². The molecule has 1 heterocycles. The lowest BCUT2D eigenvalue weighted by Gasteiger charge is -2.40. The van der Waals surface area contributed by atoms with Crippen LogP contribution in [0.5, 0.6) is 0 Å². The molecule has 3 unspecified atom stereocenters. The maximum absolute atomic E-state index is 12.8. The van der Waals surface area contributed by atoms with Crippen LogP contribution in [0.1, 0.15) is 81.1 Å². The first-order valence-electron chi connectivity index (χ1n) is 11.5. The molecule has 3 atom stereocenters. The molecule has 9 nitrogen and oxygen atoms in total. The molecule has 0 aliphatic carbocycles. The number of guanidine groups is 1. The molecule has 1 aliphatic rings. The standard InChI is InChI=1S/C23H41N3O6/c1-9-16(4)24-21(25-22(29)32-23(6,7)8)26(17(5)27)19-12-13-30-14-18(19)10-11-20(28)31-15(2)3/h15-16,18-19H,9-14H2,1-8H3,(H,24,25,29). The number of alkyl carbamates (subject to hydrolysis) is 1. The summed E-state index contributed by atoms with van der Waals surface area (Å²) >= 11 is 0. The molecule has 1 fully saturated rings. The molecular formula is C23H41N3O6. The number of esters is 1. The SMILES string of the molecule is CCC(C)N=C(NC(=O)OC(C)(C)C)N(C(C)=O)C1CCOCC1CCC(=O)OC(C)C. The highest BCUT2D eigenvalue weighted by molar-refractivity contribution is 6.03. The van der Waals surface area contributed by atoms with Gasteiger partial charge in [-0.2, -0.15) is 0 Å². The summed E-state index contributed by atoms with van der Waals surface area (Å²) in [6.45, 7) is 15.2. The van der Waals surface area contributed by atoms with Crippen LogP contribution in [0.2, 0.25) is 0 Å². The van der Waals surface area contributed by atoms with E-state index in [9.17, 15) is 14.4 Å². The molecule has 1 N–H and O–H groups in total. The van der Waals surface area contributed by atoms with E-state index in [1.54, 1.807) is 20.8 Å². The number of amides is 2. The first-order valence-corrected chi connectivity index (χ1v) is 11.5. The van der Waals surface area contributed by atoms with Crippen molar-refractivity contribution in [1.29, 1.82) is 0 Å². The van der Waals surface area contributed by atoms with Crippen molar-refractivity contribution >= 4 is 23.9 Å². The van der Waals surface area contributed by atoms with Gasteiger partial charge >= 0.3 is 12.1 Å². The van der Waals surface area contributed by atoms with Crippen molar-refractivity contribution in [1.82, 2.24) is 10.2 Å². The Morgan fingerprint density at radius 1 is 1.22 bits per heavy atom. The molecule has 0 radical (unpaired) electrons. The second-order valence-electron chi connectivity index (χ2n) is 9.49. The molecule has 0 aromatic rings. The number of hydrogen-bond acceptors (Lipinski definition) is 7. The first-order chi connectivity index (χ1) is 14.8. The van der Waals surface area contributed by atoms with Crippen molar-refractivity contribution in [3.8, 4) is 0 Å². The van der Waals surface area contributed by atoms with Crippen LogP contribution in [0.25, 0.3) is 0 Å². The number of nitrogens with zero attached hydrogens (tertiary/aromatic N) is 2. The summed E-state index contributed by atoms with van der Waals surface area (Å²) in [5.41, 5.74) is -0.690. The smallest absolute Gasteiger partial charge is 0.414 e. The molecule has 32 heavy (non-hydrogen) atoms. The summed E-state index contributed by atoms with van der Waals surface area (Å²) in [6, 6.07) is -0.382. The molecule has 0 bridgehead atoms. The molecule has 0 aromatic heterocycles. The zero-order chi connectivity index (χ0) is 24.5. The average molecular weight is 456 g/mol. The van der Waals surface area contributed by atoms with Crippen LogP contribution < -0.4 is 5.32 Å². The van der Waals surface area contributed by atoms with Gasteiger partial charge in [0.2, 0.25) is 11.9 Å². The molecule has 1 rings (SSSR count). The Labute approximate surface area is 192 Å². The van der Waals surface area contributed by atoms with E-state index in [-0.39, 0.29) is 48.4 Å². The Bertz CT molecular complexity index is 671. The molecule has 0 saturated carbocycles. The normalized spacial score (nSPS) is 20.5. The largest absolute Gasteiger partial charge is 0.463 e. The van der Waals surface area contributed by atoms with Crippen molar-refractivity contribution in [2.24, 2.45) is 10.9 Å². The van der Waals surface area contributed by atoms with Crippen molar-refractivity contribution < 1.29 is 28.6 Å². The van der Waals surface area contributed by atoms with Crippen LogP contribution in [-0.4, -0.2) is 65.8 Å². The van der Waals surface area contributed by atoms with E-state index in [0.717, 1.165) is 6.42 Å². The Balaban J connectivity index is 3.14. The van der Waals surface area contributed by atoms with Crippen LogP contribution in [0, 0.1) is 5.92 Å². The van der Waals surface area contributed by atoms with E-state index in [4.69, 9.17) is 14.2 Å². The molecule has 1 saturated heterocycles. The van der Waals surface area contributed by atoms with Crippen LogP contribution in [-0.2, 0) is 23.8 Å². The Morgan fingerprint density at radius 3 is 2.41 bits per heavy atom. The number of hydrogen-bond donors (Lipinski definition) is 1. The minimum absolute atomic E-state index is 0.102. The fourth-order valence-electron chi connectivity index (χ4n) is 3.42. The fraction of sp³-hybridized carbons (Fsp3) is 0.826. The van der Waals surface area contributed by atoms with Gasteiger partial charge in [-0.25, -0.2) is 9.79 Å². The van der Waals surface area contributed by atoms with Gasteiger partial charge in [0, 0.05) is 31.9 Å². The molecule has 2 amide bonds. The number of nitrogens with one attached hydrogen (secondary N) is 1. The molecular weight excluding hydrogens is 414 g/mol. The third-order valence-corrected chi connectivity index (χ3v) is 4.97. The Morgan fingerprint density at radius 2 is 1.88 bits per heavy atom. The van der Waals surface area contributed by atoms with Crippen molar-refractivity contribution in [2.75, 3.05) is 13.2 Å². The minimum atomic E-state index is -0.690. The van der Waals surface area contributed by atoms with Gasteiger partial charge in [-0.1, -0.05) is 6.92 Å². The quantitative estimate of drug-likeness (QED) is 0.357. The minimum Gasteiger partial charge on any atom is -0.463 e. The summed E-state index contributed by atoms with van der Waals surface area (Å²) in [6.07, 6.45) is 1.19. The van der Waals surface area contributed by atoms with Crippen LogP contribution in [0.15, 0.2) is 4.99 Å². The average Bonchev–Trinajstić information content (AvgIpc) is 2.64. The van der Waals surface area contributed by atoms with E-state index >= 15 is 0 Å². The Hall–Kier alpha value is -2.16. The van der Waals surface area contributed by atoms with Crippen molar-refractivity contribution in [3.05, 3.63) is 0 Å². The van der Waals surface area contributed by atoms with Crippen molar-refractivity contribution in [3.63, 3.8) is 0 Å². The van der Waals surface area contributed by atoms with Gasteiger partial charge in [-0.15, -0.1) is 0 Å². The number of carbonyl (C=O) groups excluding carboxylic acids is 3. The monoisotopic (exact) mass is 455 g/mol.